The molecule has 0 atom stereocenters. The molecule has 1 aliphatic heterocycles. The van der Waals surface area contributed by atoms with Crippen molar-refractivity contribution in [2.24, 2.45) is 5.41 Å². The van der Waals surface area contributed by atoms with Gasteiger partial charge in [0.05, 0.1) is 0 Å². The van der Waals surface area contributed by atoms with Gasteiger partial charge in [0.25, 0.3) is 0 Å². The van der Waals surface area contributed by atoms with Crippen LogP contribution in [0.1, 0.15) is 32.3 Å². The minimum atomic E-state index is 0.425. The summed E-state index contributed by atoms with van der Waals surface area (Å²) >= 11 is 0. The zero-order valence-electron chi connectivity index (χ0n) is 12.4. The maximum atomic E-state index is 10.2. The first-order valence-electron chi connectivity index (χ1n) is 7.47. The van der Waals surface area contributed by atoms with Crippen molar-refractivity contribution in [3.8, 4) is 5.75 Å². The Kier molecular flexibility index (Phi) is 3.43. The highest BCUT2D eigenvalue weighted by Crippen LogP contribution is 2.33. The quantitative estimate of drug-likeness (QED) is 0.884. The molecular weight excluding hydrogens is 246 g/mol. The SMILES string of the molecule is CC1(C)CCN(Cc2c(O)ccc3ccccc23)CC1. The van der Waals surface area contributed by atoms with Gasteiger partial charge >= 0.3 is 0 Å². The molecular formula is C18H23NO. The molecule has 2 heteroatoms. The molecule has 0 bridgehead atoms. The number of aromatic hydroxyl groups is 1. The van der Waals surface area contributed by atoms with Gasteiger partial charge in [0.2, 0.25) is 0 Å². The lowest BCUT2D eigenvalue weighted by atomic mass is 9.82. The third-order valence-corrected chi connectivity index (χ3v) is 4.61. The van der Waals surface area contributed by atoms with Crippen LogP contribution in [-0.4, -0.2) is 23.1 Å². The Labute approximate surface area is 121 Å². The molecule has 0 radical (unpaired) electrons. The Bertz CT molecular complexity index is 608. The van der Waals surface area contributed by atoms with Crippen LogP contribution in [-0.2, 0) is 6.54 Å². The number of rotatable bonds is 2. The van der Waals surface area contributed by atoms with Gasteiger partial charge in [0.1, 0.15) is 5.75 Å². The molecule has 1 N–H and O–H groups in total. The maximum absolute atomic E-state index is 10.2. The van der Waals surface area contributed by atoms with E-state index in [9.17, 15) is 5.11 Å². The fourth-order valence-corrected chi connectivity index (χ4v) is 3.03. The highest BCUT2D eigenvalue weighted by Gasteiger charge is 2.25. The topological polar surface area (TPSA) is 23.5 Å². The lowest BCUT2D eigenvalue weighted by molar-refractivity contribution is 0.126. The summed E-state index contributed by atoms with van der Waals surface area (Å²) in [6.07, 6.45) is 2.47. The Morgan fingerprint density at radius 1 is 1.05 bits per heavy atom. The van der Waals surface area contributed by atoms with Gasteiger partial charge in [0.15, 0.2) is 0 Å². The first-order valence-corrected chi connectivity index (χ1v) is 7.47. The molecule has 2 aromatic rings. The molecule has 1 fully saturated rings. The molecule has 0 saturated carbocycles. The molecule has 2 aromatic carbocycles. The molecule has 0 aromatic heterocycles. The molecule has 0 amide bonds. The van der Waals surface area contributed by atoms with Crippen LogP contribution in [0.4, 0.5) is 0 Å². The van der Waals surface area contributed by atoms with Crippen LogP contribution in [0.25, 0.3) is 10.8 Å². The summed E-state index contributed by atoms with van der Waals surface area (Å²) in [5, 5.41) is 12.6. The van der Waals surface area contributed by atoms with Crippen molar-refractivity contribution in [2.45, 2.75) is 33.2 Å². The second kappa shape index (κ2) is 5.10. The normalized spacial score (nSPS) is 19.3. The van der Waals surface area contributed by atoms with Crippen molar-refractivity contribution in [1.82, 2.24) is 4.90 Å². The van der Waals surface area contributed by atoms with Gasteiger partial charge in [-0.1, -0.05) is 44.2 Å². The first kappa shape index (κ1) is 13.4. The van der Waals surface area contributed by atoms with E-state index in [0.29, 0.717) is 11.2 Å². The molecule has 0 spiro atoms. The summed E-state index contributed by atoms with van der Waals surface area (Å²) in [6, 6.07) is 12.1. The second-order valence-corrected chi connectivity index (χ2v) is 6.72. The fourth-order valence-electron chi connectivity index (χ4n) is 3.03. The Balaban J connectivity index is 1.86. The molecule has 2 nitrogen and oxygen atoms in total. The molecule has 20 heavy (non-hydrogen) atoms. The van der Waals surface area contributed by atoms with E-state index < -0.39 is 0 Å². The number of benzene rings is 2. The highest BCUT2D eigenvalue weighted by molar-refractivity contribution is 5.87. The van der Waals surface area contributed by atoms with Crippen molar-refractivity contribution in [3.63, 3.8) is 0 Å². The van der Waals surface area contributed by atoms with E-state index in [2.05, 4.69) is 30.9 Å². The van der Waals surface area contributed by atoms with E-state index in [0.717, 1.165) is 25.2 Å². The Morgan fingerprint density at radius 2 is 1.75 bits per heavy atom. The lowest BCUT2D eigenvalue weighted by Crippen LogP contribution is -2.36. The average Bonchev–Trinajstić information content (AvgIpc) is 2.44. The molecule has 3 rings (SSSR count). The van der Waals surface area contributed by atoms with Gasteiger partial charge in [-0.25, -0.2) is 0 Å². The third-order valence-electron chi connectivity index (χ3n) is 4.61. The van der Waals surface area contributed by atoms with Crippen LogP contribution < -0.4 is 0 Å². The van der Waals surface area contributed by atoms with E-state index >= 15 is 0 Å². The number of piperidine rings is 1. The summed E-state index contributed by atoms with van der Waals surface area (Å²) in [5.41, 5.74) is 1.54. The van der Waals surface area contributed by atoms with Crippen molar-refractivity contribution in [2.75, 3.05) is 13.1 Å². The molecule has 0 unspecified atom stereocenters. The predicted octanol–water partition coefficient (Wildman–Crippen LogP) is 4.17. The number of hydrogen-bond acceptors (Lipinski definition) is 2. The Hall–Kier alpha value is -1.54. The lowest BCUT2D eigenvalue weighted by Gasteiger charge is -2.37. The predicted molar refractivity (Wildman–Crippen MR) is 83.9 cm³/mol. The van der Waals surface area contributed by atoms with Gasteiger partial charge in [-0.3, -0.25) is 4.90 Å². The molecule has 106 valence electrons. The fraction of sp³-hybridized carbons (Fsp3) is 0.444. The maximum Gasteiger partial charge on any atom is 0.120 e. The van der Waals surface area contributed by atoms with Crippen molar-refractivity contribution in [3.05, 3.63) is 42.0 Å². The molecule has 1 heterocycles. The van der Waals surface area contributed by atoms with E-state index in [-0.39, 0.29) is 0 Å². The molecule has 1 saturated heterocycles. The van der Waals surface area contributed by atoms with Crippen LogP contribution >= 0.6 is 0 Å². The average molecular weight is 269 g/mol. The van der Waals surface area contributed by atoms with Gasteiger partial charge < -0.3 is 5.11 Å². The Morgan fingerprint density at radius 3 is 2.50 bits per heavy atom. The zero-order valence-corrected chi connectivity index (χ0v) is 12.4. The summed E-state index contributed by atoms with van der Waals surface area (Å²) in [6.45, 7) is 7.79. The smallest absolute Gasteiger partial charge is 0.120 e. The van der Waals surface area contributed by atoms with E-state index in [4.69, 9.17) is 0 Å². The first-order chi connectivity index (χ1) is 9.55. The molecule has 0 aliphatic carbocycles. The van der Waals surface area contributed by atoms with Crippen molar-refractivity contribution < 1.29 is 5.11 Å². The van der Waals surface area contributed by atoms with Gasteiger partial charge in [-0.2, -0.15) is 0 Å². The summed E-state index contributed by atoms with van der Waals surface area (Å²) in [4.78, 5) is 2.47. The number of phenolic OH excluding ortho intramolecular Hbond substituents is 1. The number of hydrogen-bond donors (Lipinski definition) is 1. The third kappa shape index (κ3) is 2.66. The second-order valence-electron chi connectivity index (χ2n) is 6.72. The zero-order chi connectivity index (χ0) is 14.2. The molecule has 1 aliphatic rings. The number of fused-ring (bicyclic) bond motifs is 1. The van der Waals surface area contributed by atoms with Crippen LogP contribution in [0, 0.1) is 5.41 Å². The van der Waals surface area contributed by atoms with E-state index in [1.165, 1.54) is 23.6 Å². The van der Waals surface area contributed by atoms with E-state index in [1.54, 1.807) is 0 Å². The van der Waals surface area contributed by atoms with Gasteiger partial charge in [-0.05, 0) is 48.2 Å². The number of phenols is 1. The highest BCUT2D eigenvalue weighted by atomic mass is 16.3. The van der Waals surface area contributed by atoms with Crippen LogP contribution in [0.2, 0.25) is 0 Å². The minimum Gasteiger partial charge on any atom is -0.508 e. The van der Waals surface area contributed by atoms with E-state index in [1.807, 2.05) is 24.3 Å². The monoisotopic (exact) mass is 269 g/mol. The van der Waals surface area contributed by atoms with Crippen molar-refractivity contribution >= 4 is 10.8 Å². The van der Waals surface area contributed by atoms with Crippen LogP contribution in [0.3, 0.4) is 0 Å². The van der Waals surface area contributed by atoms with Crippen LogP contribution in [0.15, 0.2) is 36.4 Å². The van der Waals surface area contributed by atoms with Gasteiger partial charge in [-0.15, -0.1) is 0 Å². The summed E-state index contributed by atoms with van der Waals surface area (Å²) < 4.78 is 0. The largest absolute Gasteiger partial charge is 0.508 e. The van der Waals surface area contributed by atoms with Gasteiger partial charge in [0, 0.05) is 12.1 Å². The minimum absolute atomic E-state index is 0.425. The number of nitrogens with zero attached hydrogens (tertiary/aromatic N) is 1. The van der Waals surface area contributed by atoms with Crippen LogP contribution in [0.5, 0.6) is 5.75 Å². The number of likely N-dealkylation sites (tertiary alicyclic amines) is 1. The standard InChI is InChI=1S/C18H23NO/c1-18(2)9-11-19(12-10-18)13-16-15-6-4-3-5-14(15)7-8-17(16)20/h3-8,20H,9-13H2,1-2H3. The summed E-state index contributed by atoms with van der Waals surface area (Å²) in [7, 11) is 0. The van der Waals surface area contributed by atoms with Crippen molar-refractivity contribution in [1.29, 1.82) is 0 Å². The summed E-state index contributed by atoms with van der Waals surface area (Å²) in [5.74, 6) is 0.425.